The maximum atomic E-state index is 13.6. The summed E-state index contributed by atoms with van der Waals surface area (Å²) in [5.41, 5.74) is 6.30. The maximum absolute atomic E-state index is 13.6. The molecule has 0 aliphatic rings. The van der Waals surface area contributed by atoms with E-state index in [1.165, 1.54) is 6.07 Å². The predicted molar refractivity (Wildman–Crippen MR) is 71.2 cm³/mol. The largest absolute Gasteiger partial charge is 0.324 e. The summed E-state index contributed by atoms with van der Waals surface area (Å²) in [4.78, 5) is 0. The minimum atomic E-state index is -0.427. The average Bonchev–Trinajstić information content (AvgIpc) is 2.37. The Labute approximate surface area is 108 Å². The number of rotatable bonds is 7. The van der Waals surface area contributed by atoms with Gasteiger partial charge in [-0.15, -0.1) is 0 Å². The van der Waals surface area contributed by atoms with E-state index in [0.29, 0.717) is 11.5 Å². The van der Waals surface area contributed by atoms with Crippen LogP contribution < -0.4 is 5.73 Å². The van der Waals surface area contributed by atoms with E-state index >= 15 is 0 Å². The molecule has 1 aromatic carbocycles. The molecule has 1 rings (SSSR count). The molecule has 3 heteroatoms. The molecular formula is C15H23F2N. The molecule has 0 aliphatic heterocycles. The number of nitrogens with two attached hydrogens (primary N) is 1. The molecule has 0 aromatic heterocycles. The van der Waals surface area contributed by atoms with Gasteiger partial charge in [0.05, 0.1) is 0 Å². The number of benzene rings is 1. The summed E-state index contributed by atoms with van der Waals surface area (Å²) >= 11 is 0. The molecular weight excluding hydrogens is 232 g/mol. The third-order valence-electron chi connectivity index (χ3n) is 3.49. The zero-order valence-corrected chi connectivity index (χ0v) is 11.3. The van der Waals surface area contributed by atoms with Crippen molar-refractivity contribution in [3.05, 3.63) is 35.4 Å². The minimum Gasteiger partial charge on any atom is -0.324 e. The summed E-state index contributed by atoms with van der Waals surface area (Å²) in [5.74, 6) is -0.347. The van der Waals surface area contributed by atoms with Crippen molar-refractivity contribution in [2.75, 3.05) is 0 Å². The van der Waals surface area contributed by atoms with Gasteiger partial charge in [0.2, 0.25) is 0 Å². The van der Waals surface area contributed by atoms with Gasteiger partial charge in [-0.05, 0) is 30.5 Å². The van der Waals surface area contributed by atoms with Crippen molar-refractivity contribution in [3.8, 4) is 0 Å². The molecule has 0 aliphatic carbocycles. The van der Waals surface area contributed by atoms with Gasteiger partial charge in [0.15, 0.2) is 0 Å². The zero-order chi connectivity index (χ0) is 13.5. The highest BCUT2D eigenvalue weighted by Crippen LogP contribution is 2.26. The first-order chi connectivity index (χ1) is 8.58. The van der Waals surface area contributed by atoms with E-state index < -0.39 is 17.7 Å². The number of hydrogen-bond acceptors (Lipinski definition) is 1. The molecule has 0 heterocycles. The summed E-state index contributed by atoms with van der Waals surface area (Å²) < 4.78 is 26.7. The third kappa shape index (κ3) is 4.37. The number of unbranched alkanes of at least 4 members (excludes halogenated alkanes) is 1. The maximum Gasteiger partial charge on any atom is 0.128 e. The van der Waals surface area contributed by atoms with E-state index in [2.05, 4.69) is 13.8 Å². The normalized spacial score (nSPS) is 14.5. The van der Waals surface area contributed by atoms with Crippen LogP contribution in [0.5, 0.6) is 0 Å². The second kappa shape index (κ2) is 7.47. The van der Waals surface area contributed by atoms with Gasteiger partial charge < -0.3 is 5.73 Å². The monoisotopic (exact) mass is 255 g/mol. The van der Waals surface area contributed by atoms with E-state index in [4.69, 9.17) is 5.73 Å². The summed E-state index contributed by atoms with van der Waals surface area (Å²) in [6.07, 6.45) is 5.18. The fourth-order valence-electron chi connectivity index (χ4n) is 2.27. The van der Waals surface area contributed by atoms with E-state index in [1.54, 1.807) is 0 Å². The van der Waals surface area contributed by atoms with Crippen LogP contribution >= 0.6 is 0 Å². The lowest BCUT2D eigenvalue weighted by Crippen LogP contribution is -2.17. The van der Waals surface area contributed by atoms with Crippen molar-refractivity contribution >= 4 is 0 Å². The molecule has 1 nitrogen and oxygen atoms in total. The first-order valence-electron chi connectivity index (χ1n) is 6.79. The lowest BCUT2D eigenvalue weighted by Gasteiger charge is -2.20. The molecule has 18 heavy (non-hydrogen) atoms. The number of halogens is 2. The van der Waals surface area contributed by atoms with E-state index in [9.17, 15) is 8.78 Å². The van der Waals surface area contributed by atoms with Crippen LogP contribution in [0.3, 0.4) is 0 Å². The third-order valence-corrected chi connectivity index (χ3v) is 3.49. The highest BCUT2D eigenvalue weighted by molar-refractivity contribution is 5.22. The molecule has 2 unspecified atom stereocenters. The molecule has 0 saturated carbocycles. The van der Waals surface area contributed by atoms with Gasteiger partial charge in [-0.3, -0.25) is 0 Å². The Bertz CT molecular complexity index is 366. The Morgan fingerprint density at radius 3 is 2.56 bits per heavy atom. The molecule has 0 fully saturated rings. The average molecular weight is 255 g/mol. The molecule has 0 spiro atoms. The van der Waals surface area contributed by atoms with Gasteiger partial charge in [-0.2, -0.15) is 0 Å². The Morgan fingerprint density at radius 2 is 1.94 bits per heavy atom. The molecule has 102 valence electrons. The van der Waals surface area contributed by atoms with Gasteiger partial charge in [0.25, 0.3) is 0 Å². The van der Waals surface area contributed by atoms with Crippen molar-refractivity contribution < 1.29 is 8.78 Å². The van der Waals surface area contributed by atoms with Crippen molar-refractivity contribution in [3.63, 3.8) is 0 Å². The summed E-state index contributed by atoms with van der Waals surface area (Å²) in [6, 6.07) is 3.08. The van der Waals surface area contributed by atoms with Crippen molar-refractivity contribution in [2.24, 2.45) is 11.7 Å². The quantitative estimate of drug-likeness (QED) is 0.758. The van der Waals surface area contributed by atoms with Gasteiger partial charge in [0.1, 0.15) is 11.6 Å². The second-order valence-corrected chi connectivity index (χ2v) is 4.92. The summed E-state index contributed by atoms with van der Waals surface area (Å²) in [5, 5.41) is 0. The molecule has 0 radical (unpaired) electrons. The first kappa shape index (κ1) is 15.1. The SMILES string of the molecule is CCCCC(CC)CC(N)c1cc(F)ccc1F. The predicted octanol–water partition coefficient (Wildman–Crippen LogP) is 4.57. The van der Waals surface area contributed by atoms with E-state index in [-0.39, 0.29) is 0 Å². The fourth-order valence-corrected chi connectivity index (χ4v) is 2.27. The summed E-state index contributed by atoms with van der Waals surface area (Å²) in [6.45, 7) is 4.27. The lowest BCUT2D eigenvalue weighted by atomic mass is 9.89. The Balaban J connectivity index is 2.67. The van der Waals surface area contributed by atoms with Crippen molar-refractivity contribution in [1.82, 2.24) is 0 Å². The Hall–Kier alpha value is -0.960. The smallest absolute Gasteiger partial charge is 0.128 e. The van der Waals surface area contributed by atoms with Crippen LogP contribution in [0.4, 0.5) is 8.78 Å². The Kier molecular flexibility index (Phi) is 6.27. The van der Waals surface area contributed by atoms with Crippen LogP contribution in [0, 0.1) is 17.6 Å². The molecule has 1 aromatic rings. The molecule has 0 bridgehead atoms. The van der Waals surface area contributed by atoms with Gasteiger partial charge in [-0.25, -0.2) is 8.78 Å². The molecule has 0 amide bonds. The topological polar surface area (TPSA) is 26.0 Å². The van der Waals surface area contributed by atoms with Crippen LogP contribution in [-0.2, 0) is 0 Å². The van der Waals surface area contributed by atoms with Crippen molar-refractivity contribution in [1.29, 1.82) is 0 Å². The molecule has 2 atom stereocenters. The van der Waals surface area contributed by atoms with Crippen molar-refractivity contribution in [2.45, 2.75) is 52.0 Å². The van der Waals surface area contributed by atoms with Gasteiger partial charge >= 0.3 is 0 Å². The summed E-state index contributed by atoms with van der Waals surface area (Å²) in [7, 11) is 0. The zero-order valence-electron chi connectivity index (χ0n) is 11.3. The van der Waals surface area contributed by atoms with Crippen LogP contribution in [0.15, 0.2) is 18.2 Å². The van der Waals surface area contributed by atoms with E-state index in [0.717, 1.165) is 44.2 Å². The molecule has 2 N–H and O–H groups in total. The van der Waals surface area contributed by atoms with Gasteiger partial charge in [-0.1, -0.05) is 39.5 Å². The molecule has 0 saturated heterocycles. The standard InChI is InChI=1S/C15H23F2N/c1-3-5-6-11(4-2)9-15(18)13-10-12(16)7-8-14(13)17/h7-8,10-11,15H,3-6,9,18H2,1-2H3. The van der Waals surface area contributed by atoms with Crippen LogP contribution in [-0.4, -0.2) is 0 Å². The van der Waals surface area contributed by atoms with Crippen LogP contribution in [0.2, 0.25) is 0 Å². The minimum absolute atomic E-state index is 0.296. The second-order valence-electron chi connectivity index (χ2n) is 4.92. The Morgan fingerprint density at radius 1 is 1.22 bits per heavy atom. The van der Waals surface area contributed by atoms with Crippen LogP contribution in [0.25, 0.3) is 0 Å². The highest BCUT2D eigenvalue weighted by atomic mass is 19.1. The van der Waals surface area contributed by atoms with Gasteiger partial charge in [0, 0.05) is 11.6 Å². The lowest BCUT2D eigenvalue weighted by molar-refractivity contribution is 0.382. The van der Waals surface area contributed by atoms with Crippen LogP contribution in [0.1, 0.15) is 57.6 Å². The highest BCUT2D eigenvalue weighted by Gasteiger charge is 2.17. The fraction of sp³-hybridized carbons (Fsp3) is 0.600. The first-order valence-corrected chi connectivity index (χ1v) is 6.79. The number of hydrogen-bond donors (Lipinski definition) is 1. The van der Waals surface area contributed by atoms with E-state index in [1.807, 2.05) is 0 Å².